The van der Waals surface area contributed by atoms with Gasteiger partial charge in [0, 0.05) is 29.8 Å². The van der Waals surface area contributed by atoms with Crippen molar-refractivity contribution in [2.24, 2.45) is 5.41 Å². The number of anilines is 2. The minimum Gasteiger partial charge on any atom is -0.468 e. The first-order valence-corrected chi connectivity index (χ1v) is 13.3. The van der Waals surface area contributed by atoms with Crippen LogP contribution < -0.4 is 9.62 Å². The van der Waals surface area contributed by atoms with Crippen LogP contribution in [0.15, 0.2) is 18.2 Å². The third-order valence-corrected chi connectivity index (χ3v) is 7.65. The van der Waals surface area contributed by atoms with Crippen molar-refractivity contribution in [3.63, 3.8) is 0 Å². The Hall–Kier alpha value is -2.25. The number of carbonyl (C=O) groups is 2. The Bertz CT molecular complexity index is 1060. The number of esters is 1. The number of hydrogen-bond acceptors (Lipinski definition) is 9. The largest absolute Gasteiger partial charge is 0.468 e. The average Bonchev–Trinajstić information content (AvgIpc) is 3.03. The van der Waals surface area contributed by atoms with E-state index in [9.17, 15) is 18.0 Å². The molecule has 1 aromatic carbocycles. The summed E-state index contributed by atoms with van der Waals surface area (Å²) in [5, 5.41) is 0. The smallest absolute Gasteiger partial charge is 0.325 e. The molecule has 1 aromatic rings. The van der Waals surface area contributed by atoms with Crippen molar-refractivity contribution in [3.05, 3.63) is 23.8 Å². The first kappa shape index (κ1) is 25.8. The summed E-state index contributed by atoms with van der Waals surface area (Å²) in [4.78, 5) is 28.8. The van der Waals surface area contributed by atoms with E-state index in [2.05, 4.69) is 9.62 Å². The third-order valence-electron chi connectivity index (χ3n) is 6.28. The van der Waals surface area contributed by atoms with Crippen LogP contribution in [0.25, 0.3) is 0 Å². The molecule has 1 N–H and O–H groups in total. The lowest BCUT2D eigenvalue weighted by atomic mass is 9.93. The number of sulfonamides is 1. The predicted molar refractivity (Wildman–Crippen MR) is 127 cm³/mol. The Morgan fingerprint density at radius 3 is 2.51 bits per heavy atom. The van der Waals surface area contributed by atoms with Crippen LogP contribution in [0.5, 0.6) is 0 Å². The minimum absolute atomic E-state index is 0.0405. The normalized spacial score (nSPS) is 21.7. The zero-order valence-corrected chi connectivity index (χ0v) is 21.2. The Balaban J connectivity index is 1.53. The second-order valence-corrected chi connectivity index (χ2v) is 11.6. The minimum atomic E-state index is -3.63. The molecule has 0 aliphatic carbocycles. The summed E-state index contributed by atoms with van der Waals surface area (Å²) in [7, 11) is -2.38. The number of nitrogens with zero attached hydrogens (tertiary/aromatic N) is 2. The SMILES string of the molecule is COC(=O)CN1C(=O)C2(OCC(C)(C)CO2)c2cc(NS(=O)(=O)CCCN3CCOCC3)ccc21. The summed E-state index contributed by atoms with van der Waals surface area (Å²) >= 11 is 0. The topological polar surface area (TPSA) is 124 Å². The van der Waals surface area contributed by atoms with Crippen molar-refractivity contribution in [1.29, 1.82) is 0 Å². The summed E-state index contributed by atoms with van der Waals surface area (Å²) in [5.74, 6) is -2.92. The predicted octanol–water partition coefficient (Wildman–Crippen LogP) is 0.896. The number of morpholine rings is 1. The van der Waals surface area contributed by atoms with Crippen LogP contribution in [0.4, 0.5) is 11.4 Å². The van der Waals surface area contributed by atoms with Crippen LogP contribution >= 0.6 is 0 Å². The van der Waals surface area contributed by atoms with Gasteiger partial charge in [-0.15, -0.1) is 0 Å². The van der Waals surface area contributed by atoms with Crippen LogP contribution in [-0.2, 0) is 44.3 Å². The van der Waals surface area contributed by atoms with Crippen LogP contribution in [0.2, 0.25) is 0 Å². The fourth-order valence-electron chi connectivity index (χ4n) is 4.34. The van der Waals surface area contributed by atoms with Gasteiger partial charge in [-0.1, -0.05) is 13.8 Å². The van der Waals surface area contributed by atoms with Gasteiger partial charge in [0.1, 0.15) is 6.54 Å². The monoisotopic (exact) mass is 511 g/mol. The van der Waals surface area contributed by atoms with Crippen LogP contribution in [0.3, 0.4) is 0 Å². The maximum atomic E-state index is 13.4. The van der Waals surface area contributed by atoms with Gasteiger partial charge in [0.2, 0.25) is 10.0 Å². The number of amides is 1. The molecule has 3 aliphatic rings. The zero-order valence-electron chi connectivity index (χ0n) is 20.4. The van der Waals surface area contributed by atoms with Gasteiger partial charge in [-0.2, -0.15) is 0 Å². The van der Waals surface area contributed by atoms with Crippen LogP contribution in [-0.4, -0.2) is 90.7 Å². The number of ether oxygens (including phenoxy) is 4. The molecule has 1 amide bonds. The lowest BCUT2D eigenvalue weighted by Crippen LogP contribution is -2.52. The molecule has 1 spiro atoms. The van der Waals surface area contributed by atoms with E-state index in [-0.39, 0.29) is 30.9 Å². The number of fused-ring (bicyclic) bond motifs is 2. The van der Waals surface area contributed by atoms with E-state index in [1.54, 1.807) is 18.2 Å². The van der Waals surface area contributed by atoms with Crippen molar-refractivity contribution in [3.8, 4) is 0 Å². The van der Waals surface area contributed by atoms with Crippen molar-refractivity contribution in [2.75, 3.05) is 75.1 Å². The van der Waals surface area contributed by atoms with E-state index < -0.39 is 27.7 Å². The number of benzene rings is 1. The van der Waals surface area contributed by atoms with E-state index in [1.807, 2.05) is 13.8 Å². The lowest BCUT2D eigenvalue weighted by Gasteiger charge is -2.40. The molecule has 0 atom stereocenters. The maximum Gasteiger partial charge on any atom is 0.325 e. The maximum absolute atomic E-state index is 13.4. The molecule has 0 saturated carbocycles. The molecule has 0 bridgehead atoms. The number of rotatable bonds is 8. The molecule has 0 aromatic heterocycles. The molecular weight excluding hydrogens is 478 g/mol. The van der Waals surface area contributed by atoms with Gasteiger partial charge in [0.25, 0.3) is 11.7 Å². The van der Waals surface area contributed by atoms with Gasteiger partial charge in [0.05, 0.1) is 45.0 Å². The van der Waals surface area contributed by atoms with Gasteiger partial charge in [0.15, 0.2) is 0 Å². The Kier molecular flexibility index (Phi) is 7.39. The Morgan fingerprint density at radius 1 is 1.17 bits per heavy atom. The van der Waals surface area contributed by atoms with Gasteiger partial charge >= 0.3 is 5.97 Å². The first-order chi connectivity index (χ1) is 16.6. The second kappa shape index (κ2) is 10.0. The molecule has 12 heteroatoms. The lowest BCUT2D eigenvalue weighted by molar-refractivity contribution is -0.286. The highest BCUT2D eigenvalue weighted by Gasteiger charge is 2.57. The Labute approximate surface area is 205 Å². The number of methoxy groups -OCH3 is 1. The summed E-state index contributed by atoms with van der Waals surface area (Å²) in [6.07, 6.45) is 0.483. The van der Waals surface area contributed by atoms with Crippen LogP contribution in [0, 0.1) is 5.41 Å². The number of hydrogen-bond donors (Lipinski definition) is 1. The highest BCUT2D eigenvalue weighted by molar-refractivity contribution is 7.92. The fourth-order valence-corrected chi connectivity index (χ4v) is 5.44. The van der Waals surface area contributed by atoms with Crippen molar-refractivity contribution < 1.29 is 37.0 Å². The molecule has 2 saturated heterocycles. The molecule has 11 nitrogen and oxygen atoms in total. The number of nitrogens with one attached hydrogen (secondary N) is 1. The molecule has 4 rings (SSSR count). The molecule has 194 valence electrons. The van der Waals surface area contributed by atoms with Crippen molar-refractivity contribution in [1.82, 2.24) is 4.90 Å². The standard InChI is InChI=1S/C23H33N3O8S/c1-22(2)15-33-23(34-16-22)18-13-17(5-6-19(18)26(21(23)28)14-20(27)31-3)24-35(29,30)12-4-7-25-8-10-32-11-9-25/h5-6,13,24H,4,7-12,14-16H2,1-3H3. The molecule has 3 aliphatic heterocycles. The molecule has 35 heavy (non-hydrogen) atoms. The van der Waals surface area contributed by atoms with E-state index in [0.29, 0.717) is 43.1 Å². The zero-order chi connectivity index (χ0) is 25.3. The van der Waals surface area contributed by atoms with Gasteiger partial charge < -0.3 is 18.9 Å². The second-order valence-electron chi connectivity index (χ2n) is 9.79. The summed E-state index contributed by atoms with van der Waals surface area (Å²) in [6.45, 7) is 7.69. The highest BCUT2D eigenvalue weighted by atomic mass is 32.2. The van der Waals surface area contributed by atoms with Gasteiger partial charge in [-0.05, 0) is 31.2 Å². The third kappa shape index (κ3) is 5.61. The summed E-state index contributed by atoms with van der Waals surface area (Å²) < 4.78 is 50.1. The Morgan fingerprint density at radius 2 is 1.86 bits per heavy atom. The van der Waals surface area contributed by atoms with Crippen LogP contribution in [0.1, 0.15) is 25.8 Å². The van der Waals surface area contributed by atoms with E-state index in [4.69, 9.17) is 18.9 Å². The molecule has 3 heterocycles. The first-order valence-electron chi connectivity index (χ1n) is 11.7. The average molecular weight is 512 g/mol. The quantitative estimate of drug-likeness (QED) is 0.507. The van der Waals surface area contributed by atoms with Crippen molar-refractivity contribution >= 4 is 33.3 Å². The highest BCUT2D eigenvalue weighted by Crippen LogP contribution is 2.48. The van der Waals surface area contributed by atoms with E-state index in [1.165, 1.54) is 12.0 Å². The molecular formula is C23H33N3O8S. The van der Waals surface area contributed by atoms with E-state index in [0.717, 1.165) is 13.1 Å². The molecule has 0 unspecified atom stereocenters. The van der Waals surface area contributed by atoms with E-state index >= 15 is 0 Å². The molecule has 2 fully saturated rings. The number of carbonyl (C=O) groups excluding carboxylic acids is 2. The summed E-state index contributed by atoms with van der Waals surface area (Å²) in [5.41, 5.74) is 0.756. The van der Waals surface area contributed by atoms with Gasteiger partial charge in [-0.25, -0.2) is 8.42 Å². The van der Waals surface area contributed by atoms with Crippen molar-refractivity contribution in [2.45, 2.75) is 26.1 Å². The summed E-state index contributed by atoms with van der Waals surface area (Å²) in [6, 6.07) is 4.69. The fraction of sp³-hybridized carbons (Fsp3) is 0.652. The van der Waals surface area contributed by atoms with Gasteiger partial charge in [-0.3, -0.25) is 24.1 Å². The molecule has 0 radical (unpaired) electrons.